The minimum atomic E-state index is -0.190. The molecule has 0 aromatic carbocycles. The fourth-order valence-corrected chi connectivity index (χ4v) is 4.32. The third kappa shape index (κ3) is 5.27. The Labute approximate surface area is 224 Å². The van der Waals surface area contributed by atoms with Crippen LogP contribution in [0.25, 0.3) is 39.3 Å². The van der Waals surface area contributed by atoms with Gasteiger partial charge >= 0.3 is 6.03 Å². The maximum absolute atomic E-state index is 12.8. The molecule has 0 saturated carbocycles. The lowest BCUT2D eigenvalue weighted by molar-refractivity contribution is -0.122. The van der Waals surface area contributed by atoms with Crippen molar-refractivity contribution in [1.82, 2.24) is 39.9 Å². The average molecular weight is 528 g/mol. The van der Waals surface area contributed by atoms with E-state index in [1.807, 2.05) is 19.1 Å². The maximum Gasteiger partial charge on any atom is 0.322 e. The van der Waals surface area contributed by atoms with Crippen molar-refractivity contribution in [3.05, 3.63) is 60.8 Å². The first-order valence-electron chi connectivity index (χ1n) is 12.4. The number of nitrogens with one attached hydrogen (secondary N) is 3. The van der Waals surface area contributed by atoms with Crippen molar-refractivity contribution in [2.75, 3.05) is 45.7 Å². The lowest BCUT2D eigenvalue weighted by Crippen LogP contribution is -2.43. The van der Waals surface area contributed by atoms with E-state index >= 15 is 0 Å². The molecule has 4 aromatic rings. The molecule has 200 valence electrons. The highest BCUT2D eigenvalue weighted by Crippen LogP contribution is 2.30. The van der Waals surface area contributed by atoms with Crippen molar-refractivity contribution in [3.63, 3.8) is 0 Å². The van der Waals surface area contributed by atoms with Gasteiger partial charge in [-0.1, -0.05) is 12.7 Å². The molecule has 3 amide bonds. The molecule has 12 nitrogen and oxygen atoms in total. The number of pyridine rings is 2. The topological polar surface area (TPSA) is 145 Å². The summed E-state index contributed by atoms with van der Waals surface area (Å²) in [5.74, 6) is 0.345. The van der Waals surface area contributed by atoms with E-state index in [1.54, 1.807) is 49.7 Å². The molecule has 0 radical (unpaired) electrons. The number of imidazole rings is 1. The van der Waals surface area contributed by atoms with Gasteiger partial charge in [0.15, 0.2) is 11.5 Å². The highest BCUT2D eigenvalue weighted by atomic mass is 16.5. The molecule has 1 aliphatic heterocycles. The molecule has 0 unspecified atom stereocenters. The van der Waals surface area contributed by atoms with E-state index in [-0.39, 0.29) is 11.9 Å². The van der Waals surface area contributed by atoms with Crippen LogP contribution in [0.3, 0.4) is 0 Å². The number of nitrogens with zero attached hydrogens (tertiary/aromatic N) is 6. The normalized spacial score (nSPS) is 13.9. The van der Waals surface area contributed by atoms with Crippen LogP contribution in [0.4, 0.5) is 10.5 Å². The summed E-state index contributed by atoms with van der Waals surface area (Å²) in [5, 5.41) is 11.0. The number of urea groups is 1. The summed E-state index contributed by atoms with van der Waals surface area (Å²) in [6, 6.07) is 3.60. The van der Waals surface area contributed by atoms with E-state index in [4.69, 9.17) is 9.72 Å². The number of hydrogen-bond acceptors (Lipinski definition) is 7. The number of ether oxygens (including phenoxy) is 1. The molecule has 12 heteroatoms. The number of amides is 3. The number of aromatic amines is 2. The zero-order valence-corrected chi connectivity index (χ0v) is 22.0. The van der Waals surface area contributed by atoms with Crippen molar-refractivity contribution >= 4 is 34.2 Å². The van der Waals surface area contributed by atoms with E-state index < -0.39 is 0 Å². The lowest BCUT2D eigenvalue weighted by atomic mass is 10.1. The first-order valence-corrected chi connectivity index (χ1v) is 12.4. The molecular weight excluding hydrogens is 498 g/mol. The van der Waals surface area contributed by atoms with E-state index in [1.165, 1.54) is 4.90 Å². The largest absolute Gasteiger partial charge is 0.378 e. The number of aromatic nitrogens is 6. The van der Waals surface area contributed by atoms with Crippen LogP contribution in [0, 0.1) is 6.92 Å². The number of carbonyl (C=O) groups excluding carboxylic acids is 2. The molecular formula is C27H29N9O3. The van der Waals surface area contributed by atoms with Crippen LogP contribution in [0.5, 0.6) is 0 Å². The monoisotopic (exact) mass is 527 g/mol. The lowest BCUT2D eigenvalue weighted by Gasteiger charge is -2.26. The van der Waals surface area contributed by atoms with Gasteiger partial charge in [0, 0.05) is 56.4 Å². The molecule has 5 heterocycles. The number of hydrogen-bond donors (Lipinski definition) is 3. The summed E-state index contributed by atoms with van der Waals surface area (Å²) in [6.07, 6.45) is 8.24. The summed E-state index contributed by atoms with van der Waals surface area (Å²) in [5.41, 5.74) is 4.99. The van der Waals surface area contributed by atoms with E-state index in [0.717, 1.165) is 22.2 Å². The van der Waals surface area contributed by atoms with Crippen LogP contribution in [-0.2, 0) is 9.53 Å². The molecule has 0 bridgehead atoms. The number of morpholine rings is 1. The third-order valence-electron chi connectivity index (χ3n) is 6.33. The van der Waals surface area contributed by atoms with Crippen LogP contribution >= 0.6 is 0 Å². The van der Waals surface area contributed by atoms with Crippen molar-refractivity contribution in [2.45, 2.75) is 6.92 Å². The summed E-state index contributed by atoms with van der Waals surface area (Å²) in [6.45, 7) is 7.74. The van der Waals surface area contributed by atoms with Crippen LogP contribution in [0.15, 0.2) is 49.5 Å². The molecule has 4 aromatic heterocycles. The third-order valence-corrected chi connectivity index (χ3v) is 6.33. The standard InChI is InChI=1S/C27H29N9O3/c1-5-6-20(26(37)35(3)4)22-16(2)30-25(32-22)23-21-12-18(14-29-24(21)34-33-23)17-11-19(15-28-13-17)31-27(38)36-7-9-39-10-8-36/h5-6,11-15H,1,7-10H2,2-4H3,(H,30,32)(H,31,38)(H,29,33,34)/b20-6+. The molecule has 0 aliphatic carbocycles. The number of fused-ring (bicyclic) bond motifs is 1. The fraction of sp³-hybridized carbons (Fsp3) is 0.259. The van der Waals surface area contributed by atoms with Gasteiger partial charge in [-0.2, -0.15) is 5.10 Å². The predicted molar refractivity (Wildman–Crippen MR) is 148 cm³/mol. The first-order chi connectivity index (χ1) is 18.9. The van der Waals surface area contributed by atoms with Crippen LogP contribution in [0.2, 0.25) is 0 Å². The summed E-state index contributed by atoms with van der Waals surface area (Å²) in [7, 11) is 3.38. The van der Waals surface area contributed by atoms with E-state index in [2.05, 4.69) is 37.0 Å². The Balaban J connectivity index is 1.46. The quantitative estimate of drug-likeness (QED) is 0.258. The van der Waals surface area contributed by atoms with Gasteiger partial charge < -0.3 is 24.8 Å². The Morgan fingerprint density at radius 3 is 2.67 bits per heavy atom. The molecule has 0 atom stereocenters. The summed E-state index contributed by atoms with van der Waals surface area (Å²) in [4.78, 5) is 45.4. The molecule has 1 fully saturated rings. The average Bonchev–Trinajstić information content (AvgIpc) is 3.54. The predicted octanol–water partition coefficient (Wildman–Crippen LogP) is 3.24. The SMILES string of the molecule is C=C/C=C(/C(=O)N(C)C)c1nc(-c2[nH]nc3ncc(-c4cncc(NC(=O)N5CCOCC5)c4)cc23)[nH]c1C. The molecule has 1 saturated heterocycles. The van der Waals surface area contributed by atoms with E-state index in [9.17, 15) is 9.59 Å². The van der Waals surface area contributed by atoms with Crippen LogP contribution in [0.1, 0.15) is 11.4 Å². The van der Waals surface area contributed by atoms with Gasteiger partial charge in [0.2, 0.25) is 0 Å². The molecule has 5 rings (SSSR count). The zero-order chi connectivity index (χ0) is 27.5. The fourth-order valence-electron chi connectivity index (χ4n) is 4.32. The highest BCUT2D eigenvalue weighted by Gasteiger charge is 2.22. The second-order valence-corrected chi connectivity index (χ2v) is 9.26. The summed E-state index contributed by atoms with van der Waals surface area (Å²) < 4.78 is 5.32. The van der Waals surface area contributed by atoms with Crippen molar-refractivity contribution in [1.29, 1.82) is 0 Å². The maximum atomic E-state index is 12.8. The Morgan fingerprint density at radius 1 is 1.15 bits per heavy atom. The Bertz CT molecular complexity index is 1580. The second-order valence-electron chi connectivity index (χ2n) is 9.26. The first kappa shape index (κ1) is 25.8. The second kappa shape index (κ2) is 10.9. The smallest absolute Gasteiger partial charge is 0.322 e. The number of anilines is 1. The number of carbonyl (C=O) groups is 2. The van der Waals surface area contributed by atoms with Gasteiger partial charge in [-0.25, -0.2) is 14.8 Å². The molecule has 39 heavy (non-hydrogen) atoms. The molecule has 3 N–H and O–H groups in total. The Kier molecular flexibility index (Phi) is 7.19. The van der Waals surface area contributed by atoms with Gasteiger partial charge in [0.05, 0.1) is 41.8 Å². The van der Waals surface area contributed by atoms with Gasteiger partial charge in [0.25, 0.3) is 5.91 Å². The number of aryl methyl sites for hydroxylation is 1. The summed E-state index contributed by atoms with van der Waals surface area (Å²) >= 11 is 0. The minimum Gasteiger partial charge on any atom is -0.378 e. The number of H-pyrrole nitrogens is 2. The van der Waals surface area contributed by atoms with Gasteiger partial charge in [-0.05, 0) is 25.1 Å². The molecule has 0 spiro atoms. The molecule has 1 aliphatic rings. The van der Waals surface area contributed by atoms with Crippen molar-refractivity contribution in [3.8, 4) is 22.6 Å². The van der Waals surface area contributed by atoms with Crippen LogP contribution in [-0.4, -0.2) is 92.3 Å². The van der Waals surface area contributed by atoms with E-state index in [0.29, 0.717) is 60.4 Å². The van der Waals surface area contributed by atoms with Crippen molar-refractivity contribution in [2.24, 2.45) is 0 Å². The zero-order valence-electron chi connectivity index (χ0n) is 22.0. The van der Waals surface area contributed by atoms with Crippen molar-refractivity contribution < 1.29 is 14.3 Å². The Morgan fingerprint density at radius 2 is 1.92 bits per heavy atom. The van der Waals surface area contributed by atoms with Crippen LogP contribution < -0.4 is 5.32 Å². The number of likely N-dealkylation sites (N-methyl/N-ethyl adjacent to an activating group) is 1. The minimum absolute atomic E-state index is 0.178. The highest BCUT2D eigenvalue weighted by molar-refractivity contribution is 6.19. The van der Waals surface area contributed by atoms with Gasteiger partial charge in [-0.3, -0.25) is 14.9 Å². The Hall–Kier alpha value is -4.84. The number of rotatable bonds is 6. The van der Waals surface area contributed by atoms with Gasteiger partial charge in [-0.15, -0.1) is 0 Å². The van der Waals surface area contributed by atoms with Gasteiger partial charge in [0.1, 0.15) is 5.69 Å². The number of allylic oxidation sites excluding steroid dienone is 2.